The Morgan fingerprint density at radius 2 is 2.15 bits per heavy atom. The maximum atomic E-state index is 13.3. The molecule has 1 aromatic carbocycles. The molecule has 1 heterocycles. The zero-order valence-electron chi connectivity index (χ0n) is 11.3. The van der Waals surface area contributed by atoms with Gasteiger partial charge in [-0.15, -0.1) is 0 Å². The highest BCUT2D eigenvalue weighted by Gasteiger charge is 2.20. The van der Waals surface area contributed by atoms with Crippen molar-refractivity contribution < 1.29 is 13.6 Å². The number of aryl methyl sites for hydroxylation is 1. The Hall–Kier alpha value is -2.14. The molecule has 0 aliphatic rings. The number of rotatable bonds is 5. The lowest BCUT2D eigenvalue weighted by atomic mass is 10.2. The summed E-state index contributed by atoms with van der Waals surface area (Å²) in [4.78, 5) is 13.9. The third-order valence-corrected chi connectivity index (χ3v) is 2.90. The Kier molecular flexibility index (Phi) is 4.53. The Morgan fingerprint density at radius 1 is 1.35 bits per heavy atom. The van der Waals surface area contributed by atoms with E-state index in [9.17, 15) is 9.18 Å². The van der Waals surface area contributed by atoms with Crippen molar-refractivity contribution in [2.24, 2.45) is 5.73 Å². The van der Waals surface area contributed by atoms with Crippen LogP contribution in [0.5, 0.6) is 0 Å². The molecule has 1 amide bonds. The number of hydrogen-bond acceptors (Lipinski definition) is 3. The van der Waals surface area contributed by atoms with E-state index in [1.54, 1.807) is 31.2 Å². The molecule has 2 N–H and O–H groups in total. The van der Waals surface area contributed by atoms with Crippen LogP contribution in [-0.2, 0) is 0 Å². The van der Waals surface area contributed by atoms with Crippen LogP contribution in [0.25, 0.3) is 0 Å². The highest BCUT2D eigenvalue weighted by Crippen LogP contribution is 2.19. The minimum atomic E-state index is -0.385. The number of nitrogens with two attached hydrogens (primary N) is 1. The molecule has 0 aliphatic carbocycles. The molecule has 2 rings (SSSR count). The van der Waals surface area contributed by atoms with Gasteiger partial charge in [-0.3, -0.25) is 4.79 Å². The molecule has 20 heavy (non-hydrogen) atoms. The Balaban J connectivity index is 2.29. The molecule has 1 aromatic heterocycles. The molecule has 0 radical (unpaired) electrons. The van der Waals surface area contributed by atoms with Crippen LogP contribution in [0.2, 0.25) is 0 Å². The first kappa shape index (κ1) is 14.3. The van der Waals surface area contributed by atoms with Crippen LogP contribution in [-0.4, -0.2) is 19.0 Å². The lowest BCUT2D eigenvalue weighted by Crippen LogP contribution is -2.32. The third-order valence-electron chi connectivity index (χ3n) is 2.90. The van der Waals surface area contributed by atoms with E-state index < -0.39 is 0 Å². The van der Waals surface area contributed by atoms with Crippen molar-refractivity contribution in [2.45, 2.75) is 13.3 Å². The fourth-order valence-electron chi connectivity index (χ4n) is 1.92. The Morgan fingerprint density at radius 3 is 2.75 bits per heavy atom. The van der Waals surface area contributed by atoms with E-state index in [2.05, 4.69) is 0 Å². The van der Waals surface area contributed by atoms with Gasteiger partial charge in [0.15, 0.2) is 5.76 Å². The van der Waals surface area contributed by atoms with Crippen molar-refractivity contribution >= 4 is 11.6 Å². The molecule has 0 atom stereocenters. The number of furan rings is 1. The van der Waals surface area contributed by atoms with E-state index in [0.29, 0.717) is 31.0 Å². The van der Waals surface area contributed by atoms with Crippen molar-refractivity contribution in [3.05, 3.63) is 53.7 Å². The maximum absolute atomic E-state index is 13.3. The van der Waals surface area contributed by atoms with Crippen LogP contribution in [0.3, 0.4) is 0 Å². The summed E-state index contributed by atoms with van der Waals surface area (Å²) >= 11 is 0. The van der Waals surface area contributed by atoms with E-state index in [1.165, 1.54) is 17.0 Å². The maximum Gasteiger partial charge on any atom is 0.293 e. The smallest absolute Gasteiger partial charge is 0.293 e. The molecular formula is C15H17FN2O2. The van der Waals surface area contributed by atoms with Crippen LogP contribution in [0.15, 0.2) is 40.8 Å². The minimum absolute atomic E-state index is 0.240. The minimum Gasteiger partial charge on any atom is -0.456 e. The summed E-state index contributed by atoms with van der Waals surface area (Å²) in [5.41, 5.74) is 5.99. The molecule has 0 saturated carbocycles. The summed E-state index contributed by atoms with van der Waals surface area (Å²) in [5, 5.41) is 0. The van der Waals surface area contributed by atoms with E-state index in [1.807, 2.05) is 0 Å². The van der Waals surface area contributed by atoms with Gasteiger partial charge in [-0.05, 0) is 50.2 Å². The SMILES string of the molecule is Cc1ccc(C(=O)N(CCCN)c2cccc(F)c2)o1. The van der Waals surface area contributed by atoms with Crippen LogP contribution in [0.1, 0.15) is 22.7 Å². The normalized spacial score (nSPS) is 10.6. The van der Waals surface area contributed by atoms with Gasteiger partial charge in [-0.2, -0.15) is 0 Å². The van der Waals surface area contributed by atoms with E-state index in [4.69, 9.17) is 10.2 Å². The zero-order valence-corrected chi connectivity index (χ0v) is 11.3. The highest BCUT2D eigenvalue weighted by molar-refractivity contribution is 6.04. The van der Waals surface area contributed by atoms with Crippen molar-refractivity contribution in [3.63, 3.8) is 0 Å². The van der Waals surface area contributed by atoms with Gasteiger partial charge >= 0.3 is 0 Å². The number of anilines is 1. The second-order valence-electron chi connectivity index (χ2n) is 4.49. The first-order valence-electron chi connectivity index (χ1n) is 6.46. The summed E-state index contributed by atoms with van der Waals surface area (Å²) in [5.74, 6) is 0.218. The molecule has 0 unspecified atom stereocenters. The Bertz CT molecular complexity index is 595. The molecule has 5 heteroatoms. The van der Waals surface area contributed by atoms with Crippen LogP contribution in [0.4, 0.5) is 10.1 Å². The largest absolute Gasteiger partial charge is 0.456 e. The second kappa shape index (κ2) is 6.34. The summed E-state index contributed by atoms with van der Waals surface area (Å²) < 4.78 is 18.7. The van der Waals surface area contributed by atoms with Gasteiger partial charge in [-0.25, -0.2) is 4.39 Å². The van der Waals surface area contributed by atoms with Crippen molar-refractivity contribution in [3.8, 4) is 0 Å². The molecule has 0 spiro atoms. The molecular weight excluding hydrogens is 259 g/mol. The van der Waals surface area contributed by atoms with E-state index in [0.717, 1.165) is 0 Å². The molecule has 4 nitrogen and oxygen atoms in total. The van der Waals surface area contributed by atoms with Crippen LogP contribution in [0, 0.1) is 12.7 Å². The molecule has 0 aliphatic heterocycles. The van der Waals surface area contributed by atoms with Crippen molar-refractivity contribution in [2.75, 3.05) is 18.0 Å². The summed E-state index contributed by atoms with van der Waals surface area (Å²) in [6.07, 6.45) is 0.627. The predicted molar refractivity (Wildman–Crippen MR) is 75.2 cm³/mol. The molecule has 106 valence electrons. The predicted octanol–water partition coefficient (Wildman–Crippen LogP) is 2.72. The highest BCUT2D eigenvalue weighted by atomic mass is 19.1. The number of halogens is 1. The van der Waals surface area contributed by atoms with Gasteiger partial charge in [0.1, 0.15) is 11.6 Å². The molecule has 0 bridgehead atoms. The van der Waals surface area contributed by atoms with Gasteiger partial charge in [0.25, 0.3) is 5.91 Å². The topological polar surface area (TPSA) is 59.5 Å². The number of amides is 1. The second-order valence-corrected chi connectivity index (χ2v) is 4.49. The third kappa shape index (κ3) is 3.24. The quantitative estimate of drug-likeness (QED) is 0.913. The number of benzene rings is 1. The van der Waals surface area contributed by atoms with Gasteiger partial charge in [0.2, 0.25) is 0 Å². The fraction of sp³-hybridized carbons (Fsp3) is 0.267. The first-order valence-corrected chi connectivity index (χ1v) is 6.46. The average molecular weight is 276 g/mol. The fourth-order valence-corrected chi connectivity index (χ4v) is 1.92. The van der Waals surface area contributed by atoms with Gasteiger partial charge in [-0.1, -0.05) is 6.07 Å². The lowest BCUT2D eigenvalue weighted by molar-refractivity contribution is 0.0959. The van der Waals surface area contributed by atoms with E-state index >= 15 is 0 Å². The molecule has 0 saturated heterocycles. The van der Waals surface area contributed by atoms with Gasteiger partial charge in [0, 0.05) is 12.2 Å². The van der Waals surface area contributed by atoms with Gasteiger partial charge in [0.05, 0.1) is 0 Å². The van der Waals surface area contributed by atoms with Gasteiger partial charge < -0.3 is 15.1 Å². The summed E-state index contributed by atoms with van der Waals surface area (Å²) in [7, 11) is 0. The number of hydrogen-bond donors (Lipinski definition) is 1. The monoisotopic (exact) mass is 276 g/mol. The van der Waals surface area contributed by atoms with E-state index in [-0.39, 0.29) is 17.5 Å². The zero-order chi connectivity index (χ0) is 14.5. The van der Waals surface area contributed by atoms with Crippen molar-refractivity contribution in [1.82, 2.24) is 0 Å². The first-order chi connectivity index (χ1) is 9.61. The lowest BCUT2D eigenvalue weighted by Gasteiger charge is -2.21. The van der Waals surface area contributed by atoms with Crippen LogP contribution < -0.4 is 10.6 Å². The standard InChI is InChI=1S/C15H17FN2O2/c1-11-6-7-14(20-11)15(19)18(9-3-8-17)13-5-2-4-12(16)10-13/h2,4-7,10H,3,8-9,17H2,1H3. The molecule has 0 fully saturated rings. The van der Waals surface area contributed by atoms with Crippen molar-refractivity contribution in [1.29, 1.82) is 0 Å². The number of carbonyl (C=O) groups is 1. The number of carbonyl (C=O) groups excluding carboxylic acids is 1. The summed E-state index contributed by atoms with van der Waals surface area (Å²) in [6.45, 7) is 2.64. The van der Waals surface area contributed by atoms with Crippen LogP contribution >= 0.6 is 0 Å². The summed E-state index contributed by atoms with van der Waals surface area (Å²) in [6, 6.07) is 9.26. The average Bonchev–Trinajstić information content (AvgIpc) is 2.86. The molecule has 2 aromatic rings. The number of nitrogens with zero attached hydrogens (tertiary/aromatic N) is 1. The Labute approximate surface area is 117 Å².